The number of carbonyl (C=O) groups excluding carboxylic acids is 1. The highest BCUT2D eigenvalue weighted by molar-refractivity contribution is 5.83. The highest BCUT2D eigenvalue weighted by atomic mass is 16.2. The molecular formula is C19H20N6O2. The summed E-state index contributed by atoms with van der Waals surface area (Å²) in [6.07, 6.45) is 2.43. The van der Waals surface area contributed by atoms with E-state index < -0.39 is 6.04 Å². The molecule has 0 unspecified atom stereocenters. The monoisotopic (exact) mass is 364 g/mol. The highest BCUT2D eigenvalue weighted by Crippen LogP contribution is 2.19. The molecule has 4 rings (SSSR count). The Morgan fingerprint density at radius 2 is 2.07 bits per heavy atom. The summed E-state index contributed by atoms with van der Waals surface area (Å²) in [5.74, 6) is -0.157. The van der Waals surface area contributed by atoms with Crippen LogP contribution in [0.3, 0.4) is 0 Å². The largest absolute Gasteiger partial charge is 0.353 e. The highest BCUT2D eigenvalue weighted by Gasteiger charge is 2.28. The van der Waals surface area contributed by atoms with Crippen molar-refractivity contribution < 1.29 is 4.79 Å². The van der Waals surface area contributed by atoms with Gasteiger partial charge in [-0.25, -0.2) is 9.67 Å². The standard InChI is InChI=1S/C19H20N6O2/c26-16-7-6-14(13-4-2-1-3-5-13)24-25(16)11-10-21-19(27)18-17-15(8-9-20-18)22-12-23-17/h1-7,12,18,20H,8-11H2,(H,21,27)(H,22,23)/t18-/m1/s1. The fourth-order valence-corrected chi connectivity index (χ4v) is 3.19. The summed E-state index contributed by atoms with van der Waals surface area (Å²) >= 11 is 0. The summed E-state index contributed by atoms with van der Waals surface area (Å²) in [5.41, 5.74) is 3.18. The summed E-state index contributed by atoms with van der Waals surface area (Å²) in [5, 5.41) is 10.4. The Morgan fingerprint density at radius 1 is 1.22 bits per heavy atom. The zero-order valence-electron chi connectivity index (χ0n) is 14.7. The van der Waals surface area contributed by atoms with Crippen LogP contribution in [-0.2, 0) is 17.8 Å². The predicted octanol–water partition coefficient (Wildman–Crippen LogP) is 0.637. The van der Waals surface area contributed by atoms with E-state index in [1.165, 1.54) is 10.7 Å². The Bertz CT molecular complexity index is 995. The molecule has 27 heavy (non-hydrogen) atoms. The third kappa shape index (κ3) is 3.65. The fourth-order valence-electron chi connectivity index (χ4n) is 3.19. The number of fused-ring (bicyclic) bond motifs is 1. The van der Waals surface area contributed by atoms with Gasteiger partial charge >= 0.3 is 0 Å². The number of benzene rings is 1. The third-order valence-electron chi connectivity index (χ3n) is 4.57. The first-order valence-corrected chi connectivity index (χ1v) is 8.89. The molecule has 0 bridgehead atoms. The van der Waals surface area contributed by atoms with Gasteiger partial charge in [0.2, 0.25) is 5.91 Å². The van der Waals surface area contributed by atoms with E-state index in [9.17, 15) is 9.59 Å². The summed E-state index contributed by atoms with van der Waals surface area (Å²) in [4.78, 5) is 31.9. The van der Waals surface area contributed by atoms with Crippen LogP contribution in [0.5, 0.6) is 0 Å². The Labute approximate surface area is 155 Å². The maximum Gasteiger partial charge on any atom is 0.266 e. The first-order chi connectivity index (χ1) is 13.2. The van der Waals surface area contributed by atoms with Crippen LogP contribution in [0.4, 0.5) is 0 Å². The maximum atomic E-state index is 12.5. The van der Waals surface area contributed by atoms with E-state index in [4.69, 9.17) is 0 Å². The normalized spacial score (nSPS) is 15.9. The van der Waals surface area contributed by atoms with Gasteiger partial charge in [0.15, 0.2) is 0 Å². The molecule has 0 saturated carbocycles. The van der Waals surface area contributed by atoms with Crippen molar-refractivity contribution in [2.24, 2.45) is 0 Å². The molecule has 1 aliphatic rings. The number of hydrogen-bond donors (Lipinski definition) is 3. The number of H-pyrrole nitrogens is 1. The molecule has 0 aliphatic carbocycles. The summed E-state index contributed by atoms with van der Waals surface area (Å²) in [7, 11) is 0. The second kappa shape index (κ2) is 7.55. The Balaban J connectivity index is 1.41. The van der Waals surface area contributed by atoms with E-state index in [1.807, 2.05) is 30.3 Å². The third-order valence-corrected chi connectivity index (χ3v) is 4.57. The van der Waals surface area contributed by atoms with Gasteiger partial charge in [0.05, 0.1) is 24.3 Å². The Kier molecular flexibility index (Phi) is 4.80. The molecule has 1 amide bonds. The van der Waals surface area contributed by atoms with Gasteiger partial charge in [-0.15, -0.1) is 0 Å². The number of carbonyl (C=O) groups is 1. The van der Waals surface area contributed by atoms with Crippen molar-refractivity contribution in [1.82, 2.24) is 30.4 Å². The lowest BCUT2D eigenvalue weighted by Gasteiger charge is -2.22. The van der Waals surface area contributed by atoms with Crippen LogP contribution < -0.4 is 16.2 Å². The van der Waals surface area contributed by atoms with Crippen molar-refractivity contribution in [2.75, 3.05) is 13.1 Å². The maximum absolute atomic E-state index is 12.5. The van der Waals surface area contributed by atoms with Crippen molar-refractivity contribution in [3.63, 3.8) is 0 Å². The summed E-state index contributed by atoms with van der Waals surface area (Å²) in [6.45, 7) is 1.32. The summed E-state index contributed by atoms with van der Waals surface area (Å²) < 4.78 is 1.37. The average molecular weight is 364 g/mol. The molecule has 3 heterocycles. The number of aromatic amines is 1. The van der Waals surface area contributed by atoms with Gasteiger partial charge in [-0.05, 0) is 6.07 Å². The Hall–Kier alpha value is -3.26. The van der Waals surface area contributed by atoms with Crippen molar-refractivity contribution in [1.29, 1.82) is 0 Å². The molecule has 8 heteroatoms. The second-order valence-electron chi connectivity index (χ2n) is 6.34. The number of imidazole rings is 1. The number of hydrogen-bond acceptors (Lipinski definition) is 5. The van der Waals surface area contributed by atoms with Crippen molar-refractivity contribution in [2.45, 2.75) is 19.0 Å². The Morgan fingerprint density at radius 3 is 2.93 bits per heavy atom. The zero-order valence-corrected chi connectivity index (χ0v) is 14.7. The van der Waals surface area contributed by atoms with Crippen LogP contribution in [0.25, 0.3) is 11.3 Å². The molecule has 3 aromatic rings. The minimum atomic E-state index is -0.472. The van der Waals surface area contributed by atoms with Gasteiger partial charge in [0, 0.05) is 36.8 Å². The lowest BCUT2D eigenvalue weighted by Crippen LogP contribution is -2.43. The van der Waals surface area contributed by atoms with E-state index >= 15 is 0 Å². The molecule has 0 saturated heterocycles. The topological polar surface area (TPSA) is 105 Å². The van der Waals surface area contributed by atoms with E-state index in [1.54, 1.807) is 12.4 Å². The molecule has 1 atom stereocenters. The first kappa shape index (κ1) is 17.2. The van der Waals surface area contributed by atoms with Crippen LogP contribution in [0.1, 0.15) is 17.4 Å². The van der Waals surface area contributed by atoms with Crippen LogP contribution in [0, 0.1) is 0 Å². The van der Waals surface area contributed by atoms with Gasteiger partial charge in [-0.3, -0.25) is 9.59 Å². The second-order valence-corrected chi connectivity index (χ2v) is 6.34. The number of amides is 1. The minimum Gasteiger partial charge on any atom is -0.353 e. The number of rotatable bonds is 5. The molecule has 0 radical (unpaired) electrons. The molecule has 8 nitrogen and oxygen atoms in total. The van der Waals surface area contributed by atoms with Gasteiger partial charge < -0.3 is 15.6 Å². The molecule has 138 valence electrons. The van der Waals surface area contributed by atoms with Gasteiger partial charge in [0.1, 0.15) is 6.04 Å². The fraction of sp³-hybridized carbons (Fsp3) is 0.263. The number of nitrogens with one attached hydrogen (secondary N) is 3. The van der Waals surface area contributed by atoms with E-state index in [0.29, 0.717) is 19.6 Å². The van der Waals surface area contributed by atoms with Gasteiger partial charge in [0.25, 0.3) is 5.56 Å². The predicted molar refractivity (Wildman–Crippen MR) is 100.0 cm³/mol. The smallest absolute Gasteiger partial charge is 0.266 e. The van der Waals surface area contributed by atoms with Crippen molar-refractivity contribution in [3.05, 3.63) is 70.5 Å². The minimum absolute atomic E-state index is 0.157. The lowest BCUT2D eigenvalue weighted by atomic mass is 10.1. The van der Waals surface area contributed by atoms with Gasteiger partial charge in [-0.2, -0.15) is 5.10 Å². The van der Waals surface area contributed by atoms with Crippen LogP contribution in [0.2, 0.25) is 0 Å². The lowest BCUT2D eigenvalue weighted by molar-refractivity contribution is -0.123. The average Bonchev–Trinajstić information content (AvgIpc) is 3.19. The van der Waals surface area contributed by atoms with Crippen LogP contribution >= 0.6 is 0 Å². The molecule has 1 aliphatic heterocycles. The van der Waals surface area contributed by atoms with E-state index in [2.05, 4.69) is 25.7 Å². The SMILES string of the molecule is O=C(NCCn1nc(-c2ccccc2)ccc1=O)[C@@H]1NCCc2[nH]cnc21. The van der Waals surface area contributed by atoms with E-state index in [-0.39, 0.29) is 11.5 Å². The summed E-state index contributed by atoms with van der Waals surface area (Å²) in [6, 6.07) is 12.4. The van der Waals surface area contributed by atoms with Crippen LogP contribution in [0.15, 0.2) is 53.6 Å². The first-order valence-electron chi connectivity index (χ1n) is 8.89. The van der Waals surface area contributed by atoms with Gasteiger partial charge in [-0.1, -0.05) is 30.3 Å². The molecular weight excluding hydrogens is 344 g/mol. The molecule has 1 aromatic carbocycles. The quantitative estimate of drug-likeness (QED) is 0.616. The zero-order chi connectivity index (χ0) is 18.6. The number of aromatic nitrogens is 4. The van der Waals surface area contributed by atoms with Crippen molar-refractivity contribution in [3.8, 4) is 11.3 Å². The molecule has 0 spiro atoms. The van der Waals surface area contributed by atoms with Crippen LogP contribution in [-0.4, -0.2) is 38.7 Å². The molecule has 2 aromatic heterocycles. The molecule has 3 N–H and O–H groups in total. The molecule has 0 fully saturated rings. The number of nitrogens with zero attached hydrogens (tertiary/aromatic N) is 3. The van der Waals surface area contributed by atoms with Crippen molar-refractivity contribution >= 4 is 5.91 Å². The van der Waals surface area contributed by atoms with E-state index in [0.717, 1.165) is 29.1 Å².